The van der Waals surface area contributed by atoms with Gasteiger partial charge in [0, 0.05) is 19.1 Å². The highest BCUT2D eigenvalue weighted by molar-refractivity contribution is 7.91. The number of anilines is 2. The topological polar surface area (TPSA) is 62.3 Å². The van der Waals surface area contributed by atoms with E-state index < -0.39 is 9.84 Å². The van der Waals surface area contributed by atoms with Gasteiger partial charge < -0.3 is 10.2 Å². The maximum atomic E-state index is 11.6. The summed E-state index contributed by atoms with van der Waals surface area (Å²) >= 11 is 0. The molecule has 0 bridgehead atoms. The van der Waals surface area contributed by atoms with E-state index in [0.29, 0.717) is 5.75 Å². The molecule has 5 nitrogen and oxygen atoms in total. The first-order valence-corrected chi connectivity index (χ1v) is 9.62. The van der Waals surface area contributed by atoms with Gasteiger partial charge in [0.05, 0.1) is 23.4 Å². The molecule has 0 amide bonds. The second kappa shape index (κ2) is 6.22. The van der Waals surface area contributed by atoms with E-state index in [-0.39, 0.29) is 11.8 Å². The van der Waals surface area contributed by atoms with Gasteiger partial charge in [-0.2, -0.15) is 0 Å². The Morgan fingerprint density at radius 3 is 2.62 bits per heavy atom. The van der Waals surface area contributed by atoms with E-state index in [0.717, 1.165) is 37.4 Å². The Hall–Kier alpha value is -1.30. The summed E-state index contributed by atoms with van der Waals surface area (Å²) in [6, 6.07) is 4.06. The lowest BCUT2D eigenvalue weighted by Gasteiger charge is -2.28. The number of nitrogens with zero attached hydrogens (tertiary/aromatic N) is 2. The third kappa shape index (κ3) is 3.87. The van der Waals surface area contributed by atoms with Crippen LogP contribution in [0.3, 0.4) is 0 Å². The molecular weight excluding hydrogens is 286 g/mol. The van der Waals surface area contributed by atoms with Crippen molar-refractivity contribution in [3.8, 4) is 0 Å². The van der Waals surface area contributed by atoms with Crippen molar-refractivity contribution in [1.82, 2.24) is 4.98 Å². The van der Waals surface area contributed by atoms with E-state index in [1.165, 1.54) is 19.3 Å². The minimum absolute atomic E-state index is 0.0198. The van der Waals surface area contributed by atoms with Gasteiger partial charge in [0.2, 0.25) is 0 Å². The number of aromatic nitrogens is 1. The lowest BCUT2D eigenvalue weighted by molar-refractivity contribution is 0.562. The maximum absolute atomic E-state index is 11.6. The van der Waals surface area contributed by atoms with Crippen molar-refractivity contribution in [3.05, 3.63) is 18.3 Å². The van der Waals surface area contributed by atoms with Crippen LogP contribution in [0.2, 0.25) is 0 Å². The predicted octanol–water partition coefficient (Wildman–Crippen LogP) is 2.06. The Morgan fingerprint density at radius 2 is 1.95 bits per heavy atom. The molecule has 1 atom stereocenters. The number of hydrogen-bond donors (Lipinski definition) is 1. The van der Waals surface area contributed by atoms with Crippen LogP contribution in [0.25, 0.3) is 0 Å². The first-order valence-electron chi connectivity index (χ1n) is 7.80. The Balaban J connectivity index is 1.61. The second-order valence-corrected chi connectivity index (χ2v) is 8.28. The van der Waals surface area contributed by atoms with Gasteiger partial charge in [-0.3, -0.25) is 0 Å². The fourth-order valence-electron chi connectivity index (χ4n) is 3.15. The second-order valence-electron chi connectivity index (χ2n) is 6.05. The van der Waals surface area contributed by atoms with Gasteiger partial charge in [0.15, 0.2) is 9.84 Å². The molecule has 1 aromatic heterocycles. The summed E-state index contributed by atoms with van der Waals surface area (Å²) < 4.78 is 23.3. The molecule has 1 aromatic rings. The fraction of sp³-hybridized carbons (Fsp3) is 0.667. The fourth-order valence-corrected chi connectivity index (χ4v) is 4.79. The zero-order chi connectivity index (χ0) is 14.7. The molecule has 2 aliphatic heterocycles. The van der Waals surface area contributed by atoms with Gasteiger partial charge in [0.25, 0.3) is 0 Å². The molecule has 3 heterocycles. The van der Waals surface area contributed by atoms with Crippen molar-refractivity contribution in [2.24, 2.45) is 0 Å². The van der Waals surface area contributed by atoms with E-state index in [1.807, 2.05) is 18.3 Å². The molecule has 0 spiro atoms. The Morgan fingerprint density at radius 1 is 1.14 bits per heavy atom. The number of hydrogen-bond acceptors (Lipinski definition) is 5. The quantitative estimate of drug-likeness (QED) is 0.926. The number of rotatable bonds is 3. The smallest absolute Gasteiger partial charge is 0.152 e. The van der Waals surface area contributed by atoms with Crippen molar-refractivity contribution in [2.45, 2.75) is 38.1 Å². The third-order valence-electron chi connectivity index (χ3n) is 4.26. The number of pyridine rings is 1. The van der Waals surface area contributed by atoms with Crippen molar-refractivity contribution < 1.29 is 8.42 Å². The van der Waals surface area contributed by atoms with Crippen molar-refractivity contribution in [2.75, 3.05) is 34.8 Å². The molecule has 21 heavy (non-hydrogen) atoms. The summed E-state index contributed by atoms with van der Waals surface area (Å²) in [5.74, 6) is 1.59. The van der Waals surface area contributed by atoms with Crippen LogP contribution >= 0.6 is 0 Å². The number of nitrogens with one attached hydrogen (secondary N) is 1. The normalized spacial score (nSPS) is 25.5. The molecule has 6 heteroatoms. The molecule has 2 aliphatic rings. The highest BCUT2D eigenvalue weighted by Gasteiger charge is 2.24. The van der Waals surface area contributed by atoms with Crippen molar-refractivity contribution in [1.29, 1.82) is 0 Å². The monoisotopic (exact) mass is 309 g/mol. The molecule has 2 fully saturated rings. The van der Waals surface area contributed by atoms with Gasteiger partial charge >= 0.3 is 0 Å². The highest BCUT2D eigenvalue weighted by atomic mass is 32.2. The summed E-state index contributed by atoms with van der Waals surface area (Å²) in [5, 5.41) is 3.31. The lowest BCUT2D eigenvalue weighted by atomic mass is 10.1. The van der Waals surface area contributed by atoms with E-state index in [9.17, 15) is 8.42 Å². The lowest BCUT2D eigenvalue weighted by Crippen LogP contribution is -2.35. The minimum atomic E-state index is -2.87. The highest BCUT2D eigenvalue weighted by Crippen LogP contribution is 2.21. The van der Waals surface area contributed by atoms with Crippen LogP contribution in [0.1, 0.15) is 32.1 Å². The molecule has 0 radical (unpaired) electrons. The van der Waals surface area contributed by atoms with Crippen molar-refractivity contribution in [3.63, 3.8) is 0 Å². The van der Waals surface area contributed by atoms with E-state index in [1.54, 1.807) is 0 Å². The molecule has 0 aromatic carbocycles. The third-order valence-corrected chi connectivity index (χ3v) is 6.08. The van der Waals surface area contributed by atoms with Crippen LogP contribution in [0.5, 0.6) is 0 Å². The predicted molar refractivity (Wildman–Crippen MR) is 85.6 cm³/mol. The van der Waals surface area contributed by atoms with E-state index in [4.69, 9.17) is 0 Å². The molecule has 2 saturated heterocycles. The van der Waals surface area contributed by atoms with Gasteiger partial charge in [0.1, 0.15) is 5.82 Å². The summed E-state index contributed by atoms with van der Waals surface area (Å²) in [4.78, 5) is 6.84. The minimum Gasteiger partial charge on any atom is -0.380 e. The zero-order valence-electron chi connectivity index (χ0n) is 12.3. The molecule has 0 aliphatic carbocycles. The molecule has 3 rings (SSSR count). The first-order chi connectivity index (χ1) is 10.1. The number of piperidine rings is 1. The summed E-state index contributed by atoms with van der Waals surface area (Å²) in [7, 11) is -2.87. The standard InChI is InChI=1S/C15H23N3O2S/c19-21(20)10-4-5-14(12-21)17-13-6-7-15(16-11-13)18-8-2-1-3-9-18/h6-7,11,14,17H,1-5,8-10,12H2. The van der Waals surface area contributed by atoms with Gasteiger partial charge in [-0.15, -0.1) is 0 Å². The van der Waals surface area contributed by atoms with Gasteiger partial charge in [-0.1, -0.05) is 0 Å². The van der Waals surface area contributed by atoms with Crippen LogP contribution in [0, 0.1) is 0 Å². The largest absolute Gasteiger partial charge is 0.380 e. The SMILES string of the molecule is O=S1(=O)CCCC(Nc2ccc(N3CCCCC3)nc2)C1. The Kier molecular flexibility index (Phi) is 4.33. The van der Waals surface area contributed by atoms with Crippen LogP contribution in [-0.4, -0.2) is 44.0 Å². The summed E-state index contributed by atoms with van der Waals surface area (Å²) in [5.41, 5.74) is 0.915. The number of sulfone groups is 1. The Bertz CT molecular complexity index is 565. The molecule has 1 N–H and O–H groups in total. The Labute approximate surface area is 126 Å². The van der Waals surface area contributed by atoms with Crippen LogP contribution in [0.15, 0.2) is 18.3 Å². The van der Waals surface area contributed by atoms with Crippen LogP contribution in [0.4, 0.5) is 11.5 Å². The molecule has 0 saturated carbocycles. The van der Waals surface area contributed by atoms with Crippen molar-refractivity contribution >= 4 is 21.3 Å². The van der Waals surface area contributed by atoms with E-state index in [2.05, 4.69) is 15.2 Å². The summed E-state index contributed by atoms with van der Waals surface area (Å²) in [6.45, 7) is 2.17. The van der Waals surface area contributed by atoms with E-state index >= 15 is 0 Å². The maximum Gasteiger partial charge on any atom is 0.152 e. The molecule has 116 valence electrons. The average molecular weight is 309 g/mol. The van der Waals surface area contributed by atoms with Crippen LogP contribution < -0.4 is 10.2 Å². The molecule has 1 unspecified atom stereocenters. The first kappa shape index (κ1) is 14.6. The van der Waals surface area contributed by atoms with Crippen LogP contribution in [-0.2, 0) is 9.84 Å². The molecular formula is C15H23N3O2S. The van der Waals surface area contributed by atoms with Gasteiger partial charge in [-0.25, -0.2) is 13.4 Å². The zero-order valence-corrected chi connectivity index (χ0v) is 13.1. The average Bonchev–Trinajstić information content (AvgIpc) is 2.48. The van der Waals surface area contributed by atoms with Gasteiger partial charge in [-0.05, 0) is 44.2 Å². The summed E-state index contributed by atoms with van der Waals surface area (Å²) in [6.07, 6.45) is 7.27.